The largest absolute Gasteiger partial charge is 0.459 e. The first-order valence-electron chi connectivity index (χ1n) is 7.87. The molecule has 0 saturated heterocycles. The van der Waals surface area contributed by atoms with Crippen LogP contribution in [0.1, 0.15) is 5.76 Å². The van der Waals surface area contributed by atoms with Gasteiger partial charge in [0, 0.05) is 17.8 Å². The molecule has 6 nitrogen and oxygen atoms in total. The predicted molar refractivity (Wildman–Crippen MR) is 97.2 cm³/mol. The average Bonchev–Trinajstić information content (AvgIpc) is 3.10. The van der Waals surface area contributed by atoms with Crippen molar-refractivity contribution in [2.24, 2.45) is 5.73 Å². The minimum Gasteiger partial charge on any atom is -0.459 e. The topological polar surface area (TPSA) is 86.1 Å². The number of nitrogens with one attached hydrogen (secondary N) is 1. The van der Waals surface area contributed by atoms with Crippen LogP contribution < -0.4 is 16.5 Å². The lowest BCUT2D eigenvalue weighted by Gasteiger charge is -2.06. The highest BCUT2D eigenvalue weighted by Gasteiger charge is 2.06. The number of hydrogen-bond acceptors (Lipinski definition) is 5. The van der Waals surface area contributed by atoms with Gasteiger partial charge in [0.25, 0.3) is 0 Å². The van der Waals surface area contributed by atoms with Gasteiger partial charge in [-0.25, -0.2) is 4.68 Å². The lowest BCUT2D eigenvalue weighted by molar-refractivity contribution is 0.539. The van der Waals surface area contributed by atoms with Crippen LogP contribution in [0.15, 0.2) is 76.2 Å². The number of hydrogen-bond donors (Lipinski definition) is 2. The van der Waals surface area contributed by atoms with Crippen LogP contribution in [0.3, 0.4) is 0 Å². The van der Waals surface area contributed by atoms with Gasteiger partial charge in [0.05, 0.1) is 35.7 Å². The van der Waals surface area contributed by atoms with Gasteiger partial charge in [0.2, 0.25) is 0 Å². The van der Waals surface area contributed by atoms with E-state index in [-0.39, 0.29) is 12.0 Å². The standard InChI is InChI=1S/C19H16N4O2/c20-10-16-9-18(24)17-7-6-13(8-19(17)25-16)22-14-11-21-23(12-14)15-4-2-1-3-5-15/h1-9,11-12,22H,10,20H2. The van der Waals surface area contributed by atoms with Crippen LogP contribution in [0.5, 0.6) is 0 Å². The summed E-state index contributed by atoms with van der Waals surface area (Å²) >= 11 is 0. The van der Waals surface area contributed by atoms with Crippen LogP contribution in [0.25, 0.3) is 16.7 Å². The number of benzene rings is 2. The fraction of sp³-hybridized carbons (Fsp3) is 0.0526. The summed E-state index contributed by atoms with van der Waals surface area (Å²) in [4.78, 5) is 12.0. The third-order valence-corrected chi connectivity index (χ3v) is 3.87. The molecule has 124 valence electrons. The minimum absolute atomic E-state index is 0.0925. The summed E-state index contributed by atoms with van der Waals surface area (Å²) in [6.45, 7) is 0.187. The van der Waals surface area contributed by atoms with Crippen molar-refractivity contribution in [3.63, 3.8) is 0 Å². The minimum atomic E-state index is -0.0925. The predicted octanol–water partition coefficient (Wildman–Crippen LogP) is 3.18. The van der Waals surface area contributed by atoms with Crippen molar-refractivity contribution in [2.75, 3.05) is 5.32 Å². The molecule has 0 unspecified atom stereocenters. The van der Waals surface area contributed by atoms with Gasteiger partial charge < -0.3 is 15.5 Å². The molecule has 0 aliphatic rings. The van der Waals surface area contributed by atoms with Gasteiger partial charge >= 0.3 is 0 Å². The number of anilines is 2. The first-order chi connectivity index (χ1) is 12.2. The van der Waals surface area contributed by atoms with E-state index in [0.29, 0.717) is 16.7 Å². The van der Waals surface area contributed by atoms with E-state index in [1.165, 1.54) is 6.07 Å². The van der Waals surface area contributed by atoms with Gasteiger partial charge in [-0.3, -0.25) is 4.79 Å². The number of para-hydroxylation sites is 1. The molecular formula is C19H16N4O2. The van der Waals surface area contributed by atoms with E-state index in [0.717, 1.165) is 17.1 Å². The highest BCUT2D eigenvalue weighted by molar-refractivity contribution is 5.81. The molecule has 25 heavy (non-hydrogen) atoms. The molecule has 0 aliphatic heterocycles. The molecule has 2 aromatic heterocycles. The fourth-order valence-corrected chi connectivity index (χ4v) is 2.66. The summed E-state index contributed by atoms with van der Waals surface area (Å²) < 4.78 is 7.45. The number of rotatable bonds is 4. The van der Waals surface area contributed by atoms with E-state index < -0.39 is 0 Å². The molecule has 0 spiro atoms. The quantitative estimate of drug-likeness (QED) is 0.599. The van der Waals surface area contributed by atoms with Crippen LogP contribution >= 0.6 is 0 Å². The van der Waals surface area contributed by atoms with Crippen LogP contribution in [0.2, 0.25) is 0 Å². The number of aromatic nitrogens is 2. The van der Waals surface area contributed by atoms with Gasteiger partial charge in [0.15, 0.2) is 5.43 Å². The van der Waals surface area contributed by atoms with Gasteiger partial charge in [-0.2, -0.15) is 5.10 Å². The Morgan fingerprint density at radius 2 is 1.92 bits per heavy atom. The van der Waals surface area contributed by atoms with Crippen molar-refractivity contribution < 1.29 is 4.42 Å². The molecule has 0 aliphatic carbocycles. The number of nitrogens with two attached hydrogens (primary N) is 1. The molecule has 3 N–H and O–H groups in total. The molecule has 0 bridgehead atoms. The summed E-state index contributed by atoms with van der Waals surface area (Å²) in [5.74, 6) is 0.464. The molecule has 0 fully saturated rings. The second kappa shape index (κ2) is 6.26. The number of nitrogens with zero attached hydrogens (tertiary/aromatic N) is 2. The third-order valence-electron chi connectivity index (χ3n) is 3.87. The highest BCUT2D eigenvalue weighted by atomic mass is 16.3. The Bertz CT molecular complexity index is 1080. The van der Waals surface area contributed by atoms with Crippen LogP contribution in [-0.2, 0) is 6.54 Å². The molecule has 4 rings (SSSR count). The Morgan fingerprint density at radius 1 is 1.08 bits per heavy atom. The van der Waals surface area contributed by atoms with Crippen molar-refractivity contribution in [3.8, 4) is 5.69 Å². The van der Waals surface area contributed by atoms with Gasteiger partial charge in [-0.15, -0.1) is 0 Å². The normalized spacial score (nSPS) is 10.9. The van der Waals surface area contributed by atoms with Crippen LogP contribution in [-0.4, -0.2) is 9.78 Å². The zero-order chi connectivity index (χ0) is 17.2. The first kappa shape index (κ1) is 15.2. The first-order valence-corrected chi connectivity index (χ1v) is 7.87. The van der Waals surface area contributed by atoms with E-state index in [1.54, 1.807) is 23.0 Å². The maximum atomic E-state index is 12.0. The van der Waals surface area contributed by atoms with Crippen molar-refractivity contribution in [3.05, 3.63) is 83.0 Å². The Morgan fingerprint density at radius 3 is 2.72 bits per heavy atom. The highest BCUT2D eigenvalue weighted by Crippen LogP contribution is 2.22. The van der Waals surface area contributed by atoms with Crippen molar-refractivity contribution in [1.82, 2.24) is 9.78 Å². The van der Waals surface area contributed by atoms with E-state index in [4.69, 9.17) is 10.2 Å². The third kappa shape index (κ3) is 3.02. The molecule has 2 aromatic carbocycles. The van der Waals surface area contributed by atoms with E-state index in [1.807, 2.05) is 42.6 Å². The second-order valence-corrected chi connectivity index (χ2v) is 5.63. The van der Waals surface area contributed by atoms with E-state index in [9.17, 15) is 4.79 Å². The smallest absolute Gasteiger partial charge is 0.193 e. The van der Waals surface area contributed by atoms with Gasteiger partial charge in [0.1, 0.15) is 11.3 Å². The van der Waals surface area contributed by atoms with Crippen molar-refractivity contribution in [2.45, 2.75) is 6.54 Å². The van der Waals surface area contributed by atoms with Crippen LogP contribution in [0, 0.1) is 0 Å². The monoisotopic (exact) mass is 332 g/mol. The van der Waals surface area contributed by atoms with Crippen molar-refractivity contribution in [1.29, 1.82) is 0 Å². The zero-order valence-electron chi connectivity index (χ0n) is 13.3. The molecule has 0 atom stereocenters. The van der Waals surface area contributed by atoms with Gasteiger partial charge in [-0.1, -0.05) is 18.2 Å². The molecule has 6 heteroatoms. The molecule has 0 radical (unpaired) electrons. The second-order valence-electron chi connectivity index (χ2n) is 5.63. The maximum Gasteiger partial charge on any atom is 0.193 e. The summed E-state index contributed by atoms with van der Waals surface area (Å²) in [5, 5.41) is 8.15. The molecular weight excluding hydrogens is 316 g/mol. The summed E-state index contributed by atoms with van der Waals surface area (Å²) in [6.07, 6.45) is 3.63. The SMILES string of the molecule is NCc1cc(=O)c2ccc(Nc3cnn(-c4ccccc4)c3)cc2o1. The summed E-state index contributed by atoms with van der Waals surface area (Å²) in [6, 6.07) is 16.6. The molecule has 0 saturated carbocycles. The Labute approximate surface area is 143 Å². The molecule has 4 aromatic rings. The fourth-order valence-electron chi connectivity index (χ4n) is 2.66. The van der Waals surface area contributed by atoms with Crippen molar-refractivity contribution >= 4 is 22.3 Å². The zero-order valence-corrected chi connectivity index (χ0v) is 13.3. The molecule has 0 amide bonds. The van der Waals surface area contributed by atoms with Gasteiger partial charge in [-0.05, 0) is 24.3 Å². The summed E-state index contributed by atoms with van der Waals surface area (Å²) in [5.41, 5.74) is 8.60. The average molecular weight is 332 g/mol. The molecule has 2 heterocycles. The summed E-state index contributed by atoms with van der Waals surface area (Å²) in [7, 11) is 0. The van der Waals surface area contributed by atoms with E-state index in [2.05, 4.69) is 10.4 Å². The maximum absolute atomic E-state index is 12.0. The Kier molecular flexibility index (Phi) is 3.80. The Balaban J connectivity index is 1.65. The Hall–Kier alpha value is -3.38. The lowest BCUT2D eigenvalue weighted by Crippen LogP contribution is -2.05. The number of fused-ring (bicyclic) bond motifs is 1. The van der Waals surface area contributed by atoms with E-state index >= 15 is 0 Å². The van der Waals surface area contributed by atoms with Crippen LogP contribution in [0.4, 0.5) is 11.4 Å². The lowest BCUT2D eigenvalue weighted by atomic mass is 10.2.